The third kappa shape index (κ3) is 3.57. The summed E-state index contributed by atoms with van der Waals surface area (Å²) in [6, 6.07) is 16.2. The Balaban J connectivity index is 1.38. The number of thiophene rings is 1. The summed E-state index contributed by atoms with van der Waals surface area (Å²) in [6.07, 6.45) is 3.57. The highest BCUT2D eigenvalue weighted by molar-refractivity contribution is 7.23. The number of thiazole rings is 1. The fourth-order valence-electron chi connectivity index (χ4n) is 2.69. The van der Waals surface area contributed by atoms with Gasteiger partial charge in [0.25, 0.3) is 0 Å². The lowest BCUT2D eigenvalue weighted by atomic mass is 10.1. The van der Waals surface area contributed by atoms with Gasteiger partial charge in [0.2, 0.25) is 5.13 Å². The van der Waals surface area contributed by atoms with Crippen molar-refractivity contribution in [2.45, 2.75) is 0 Å². The molecule has 0 fully saturated rings. The molecule has 1 N–H and O–H groups in total. The van der Waals surface area contributed by atoms with Crippen molar-refractivity contribution in [1.82, 2.24) is 20.2 Å². The SMILES string of the molecule is c1cc(Nc2nnc(-c3cccs3)s2)cc(-c2csc(-c3ccncc3)n2)c1. The average molecular weight is 420 g/mol. The molecular formula is C20H13N5S3. The number of benzene rings is 1. The Bertz CT molecular complexity index is 1200. The van der Waals surface area contributed by atoms with Crippen LogP contribution in [0.2, 0.25) is 0 Å². The van der Waals surface area contributed by atoms with E-state index in [1.807, 2.05) is 35.7 Å². The zero-order valence-corrected chi connectivity index (χ0v) is 16.9. The lowest BCUT2D eigenvalue weighted by molar-refractivity contribution is 1.10. The van der Waals surface area contributed by atoms with E-state index in [1.165, 1.54) is 0 Å². The highest BCUT2D eigenvalue weighted by Gasteiger charge is 2.10. The Labute approximate surface area is 173 Å². The van der Waals surface area contributed by atoms with Gasteiger partial charge in [0, 0.05) is 34.6 Å². The molecule has 0 aliphatic rings. The number of aromatic nitrogens is 4. The van der Waals surface area contributed by atoms with Crippen molar-refractivity contribution in [3.63, 3.8) is 0 Å². The molecule has 1 aromatic carbocycles. The minimum absolute atomic E-state index is 0.774. The van der Waals surface area contributed by atoms with Crippen LogP contribution >= 0.6 is 34.0 Å². The lowest BCUT2D eigenvalue weighted by Crippen LogP contribution is -1.90. The molecule has 0 radical (unpaired) electrons. The van der Waals surface area contributed by atoms with Crippen LogP contribution in [-0.4, -0.2) is 20.2 Å². The summed E-state index contributed by atoms with van der Waals surface area (Å²) >= 11 is 4.84. The number of hydrogen-bond donors (Lipinski definition) is 1. The van der Waals surface area contributed by atoms with Gasteiger partial charge >= 0.3 is 0 Å². The third-order valence-electron chi connectivity index (χ3n) is 4.00. The van der Waals surface area contributed by atoms with Crippen LogP contribution in [0.4, 0.5) is 10.8 Å². The normalized spacial score (nSPS) is 10.9. The van der Waals surface area contributed by atoms with Crippen LogP contribution in [0.3, 0.4) is 0 Å². The van der Waals surface area contributed by atoms with Gasteiger partial charge in [0.15, 0.2) is 5.01 Å². The second-order valence-corrected chi connectivity index (χ2v) is 8.65. The van der Waals surface area contributed by atoms with Crippen LogP contribution < -0.4 is 5.32 Å². The van der Waals surface area contributed by atoms with Gasteiger partial charge in [-0.25, -0.2) is 4.98 Å². The van der Waals surface area contributed by atoms with E-state index in [9.17, 15) is 0 Å². The Morgan fingerprint density at radius 2 is 1.75 bits per heavy atom. The van der Waals surface area contributed by atoms with E-state index in [-0.39, 0.29) is 0 Å². The molecule has 0 amide bonds. The summed E-state index contributed by atoms with van der Waals surface area (Å²) in [5.41, 5.74) is 4.06. The number of rotatable bonds is 5. The van der Waals surface area contributed by atoms with Crippen LogP contribution in [-0.2, 0) is 0 Å². The first-order valence-corrected chi connectivity index (χ1v) is 11.0. The number of nitrogens with one attached hydrogen (secondary N) is 1. The van der Waals surface area contributed by atoms with Crippen molar-refractivity contribution < 1.29 is 0 Å². The number of anilines is 2. The molecule has 8 heteroatoms. The van der Waals surface area contributed by atoms with E-state index in [0.29, 0.717) is 0 Å². The van der Waals surface area contributed by atoms with E-state index >= 15 is 0 Å². The molecule has 0 atom stereocenters. The topological polar surface area (TPSA) is 63.6 Å². The van der Waals surface area contributed by atoms with Gasteiger partial charge in [0.05, 0.1) is 10.6 Å². The van der Waals surface area contributed by atoms with Crippen LogP contribution in [0.1, 0.15) is 0 Å². The third-order valence-corrected chi connectivity index (χ3v) is 6.77. The molecule has 0 aliphatic carbocycles. The molecule has 0 aliphatic heterocycles. The molecule has 28 heavy (non-hydrogen) atoms. The minimum Gasteiger partial charge on any atom is -0.330 e. The summed E-state index contributed by atoms with van der Waals surface area (Å²) in [6.45, 7) is 0. The quantitative estimate of drug-likeness (QED) is 0.368. The monoisotopic (exact) mass is 419 g/mol. The molecule has 5 aromatic rings. The molecule has 0 saturated carbocycles. The van der Waals surface area contributed by atoms with Crippen molar-refractivity contribution in [3.05, 3.63) is 71.7 Å². The smallest absolute Gasteiger partial charge is 0.210 e. The Kier molecular flexibility index (Phi) is 4.66. The first-order valence-electron chi connectivity index (χ1n) is 8.46. The van der Waals surface area contributed by atoms with Crippen molar-refractivity contribution in [2.24, 2.45) is 0 Å². The molecule has 5 nitrogen and oxygen atoms in total. The van der Waals surface area contributed by atoms with Crippen LogP contribution in [0.15, 0.2) is 71.7 Å². The van der Waals surface area contributed by atoms with E-state index in [0.717, 1.165) is 42.5 Å². The summed E-state index contributed by atoms with van der Waals surface area (Å²) in [5, 5.41) is 18.7. The largest absolute Gasteiger partial charge is 0.330 e. The maximum Gasteiger partial charge on any atom is 0.210 e. The lowest BCUT2D eigenvalue weighted by Gasteiger charge is -2.04. The highest BCUT2D eigenvalue weighted by Crippen LogP contribution is 2.33. The van der Waals surface area contributed by atoms with E-state index in [4.69, 9.17) is 4.98 Å². The van der Waals surface area contributed by atoms with E-state index in [2.05, 4.69) is 44.1 Å². The Morgan fingerprint density at radius 1 is 0.821 bits per heavy atom. The van der Waals surface area contributed by atoms with E-state index < -0.39 is 0 Å². The fraction of sp³-hybridized carbons (Fsp3) is 0. The zero-order chi connectivity index (χ0) is 18.8. The van der Waals surface area contributed by atoms with Crippen LogP contribution in [0.5, 0.6) is 0 Å². The van der Waals surface area contributed by atoms with Crippen molar-refractivity contribution >= 4 is 44.8 Å². The average Bonchev–Trinajstić information content (AvgIpc) is 3.50. The fourth-order valence-corrected chi connectivity index (χ4v) is 5.08. The van der Waals surface area contributed by atoms with Crippen molar-refractivity contribution in [2.75, 3.05) is 5.32 Å². The zero-order valence-electron chi connectivity index (χ0n) is 14.4. The standard InChI is InChI=1S/C20H13N5S3/c1-3-14(16-12-27-18(23-16)13-6-8-21-9-7-13)11-15(4-1)22-20-25-24-19(28-20)17-5-2-10-26-17/h1-12H,(H,22,25). The van der Waals surface area contributed by atoms with Crippen molar-refractivity contribution in [1.29, 1.82) is 0 Å². The second kappa shape index (κ2) is 7.59. The molecule has 4 heterocycles. The number of nitrogens with zero attached hydrogens (tertiary/aromatic N) is 4. The first-order chi connectivity index (χ1) is 13.8. The van der Waals surface area contributed by atoms with Gasteiger partial charge in [-0.05, 0) is 35.7 Å². The van der Waals surface area contributed by atoms with Gasteiger partial charge in [0.1, 0.15) is 5.01 Å². The predicted octanol–water partition coefficient (Wildman–Crippen LogP) is 6.20. The molecule has 0 unspecified atom stereocenters. The summed E-state index contributed by atoms with van der Waals surface area (Å²) in [5.74, 6) is 0. The predicted molar refractivity (Wildman–Crippen MR) is 117 cm³/mol. The number of hydrogen-bond acceptors (Lipinski definition) is 8. The summed E-state index contributed by atoms with van der Waals surface area (Å²) < 4.78 is 0. The summed E-state index contributed by atoms with van der Waals surface area (Å²) in [7, 11) is 0. The van der Waals surface area contributed by atoms with E-state index in [1.54, 1.807) is 46.4 Å². The minimum atomic E-state index is 0.774. The van der Waals surface area contributed by atoms with Crippen molar-refractivity contribution in [3.8, 4) is 31.7 Å². The molecule has 0 spiro atoms. The number of pyridine rings is 1. The molecule has 5 rings (SSSR count). The van der Waals surface area contributed by atoms with Gasteiger partial charge in [-0.3, -0.25) is 4.98 Å². The highest BCUT2D eigenvalue weighted by atomic mass is 32.1. The van der Waals surface area contributed by atoms with Gasteiger partial charge in [-0.2, -0.15) is 0 Å². The molecule has 136 valence electrons. The van der Waals surface area contributed by atoms with Gasteiger partial charge < -0.3 is 5.32 Å². The summed E-state index contributed by atoms with van der Waals surface area (Å²) in [4.78, 5) is 9.97. The molecule has 0 saturated heterocycles. The van der Waals surface area contributed by atoms with Gasteiger partial charge in [-0.15, -0.1) is 32.9 Å². The first kappa shape index (κ1) is 17.2. The molecule has 4 aromatic heterocycles. The maximum absolute atomic E-state index is 4.78. The Morgan fingerprint density at radius 3 is 2.61 bits per heavy atom. The van der Waals surface area contributed by atoms with Crippen LogP contribution in [0.25, 0.3) is 31.7 Å². The molecule has 0 bridgehead atoms. The molecular weight excluding hydrogens is 406 g/mol. The Hall–Kier alpha value is -2.94. The van der Waals surface area contributed by atoms with Crippen LogP contribution in [0, 0.1) is 0 Å². The van der Waals surface area contributed by atoms with Gasteiger partial charge in [-0.1, -0.05) is 29.5 Å². The maximum atomic E-state index is 4.78. The second-order valence-electron chi connectivity index (χ2n) is 5.87.